The number of benzene rings is 1. The summed E-state index contributed by atoms with van der Waals surface area (Å²) in [6, 6.07) is 4.44. The van der Waals surface area contributed by atoms with Crippen molar-refractivity contribution < 1.29 is 27.8 Å². The number of ether oxygens (including phenoxy) is 1. The zero-order valence-electron chi connectivity index (χ0n) is 8.78. The van der Waals surface area contributed by atoms with Gasteiger partial charge in [-0.15, -0.1) is 0 Å². The monoisotopic (exact) mass is 249 g/mol. The molecule has 0 aliphatic rings. The van der Waals surface area contributed by atoms with Crippen LogP contribution in [0.5, 0.6) is 5.75 Å². The molecule has 1 aromatic rings. The van der Waals surface area contributed by atoms with E-state index in [0.717, 1.165) is 12.1 Å². The third-order valence-corrected chi connectivity index (χ3v) is 2.25. The largest absolute Gasteiger partial charge is 0.497 e. The van der Waals surface area contributed by atoms with Crippen LogP contribution in [0.1, 0.15) is 5.56 Å². The molecule has 1 atom stereocenters. The van der Waals surface area contributed by atoms with E-state index in [4.69, 9.17) is 4.74 Å². The Morgan fingerprint density at radius 1 is 1.41 bits per heavy atom. The summed E-state index contributed by atoms with van der Waals surface area (Å²) in [6.45, 7) is 0. The van der Waals surface area contributed by atoms with Gasteiger partial charge in [0.15, 0.2) is 0 Å². The highest BCUT2D eigenvalue weighted by Crippen LogP contribution is 2.39. The molecule has 0 heterocycles. The lowest BCUT2D eigenvalue weighted by Gasteiger charge is -2.27. The minimum absolute atomic E-state index is 0.0754. The lowest BCUT2D eigenvalue weighted by Crippen LogP contribution is -2.52. The van der Waals surface area contributed by atoms with Gasteiger partial charge in [0.2, 0.25) is 0 Å². The fourth-order valence-electron chi connectivity index (χ4n) is 1.29. The van der Waals surface area contributed by atoms with Gasteiger partial charge in [-0.2, -0.15) is 13.2 Å². The summed E-state index contributed by atoms with van der Waals surface area (Å²) in [4.78, 5) is 10.9. The summed E-state index contributed by atoms with van der Waals surface area (Å²) in [5, 5.41) is 9.46. The molecule has 1 unspecified atom stereocenters. The molecule has 1 amide bonds. The molecule has 1 rings (SSSR count). The Morgan fingerprint density at radius 3 is 2.41 bits per heavy atom. The van der Waals surface area contributed by atoms with Crippen molar-refractivity contribution >= 4 is 5.91 Å². The van der Waals surface area contributed by atoms with Gasteiger partial charge in [-0.25, -0.2) is 0 Å². The third-order valence-electron chi connectivity index (χ3n) is 2.25. The first-order valence-electron chi connectivity index (χ1n) is 4.47. The first-order valence-corrected chi connectivity index (χ1v) is 4.47. The summed E-state index contributed by atoms with van der Waals surface area (Å²) in [5.41, 5.74) is 0.227. The summed E-state index contributed by atoms with van der Waals surface area (Å²) in [6.07, 6.45) is -5.20. The fourth-order valence-corrected chi connectivity index (χ4v) is 1.29. The summed E-state index contributed by atoms with van der Waals surface area (Å²) >= 11 is 0. The zero-order chi connectivity index (χ0) is 13.3. The predicted molar refractivity (Wildman–Crippen MR) is 52.1 cm³/mol. The molecular weight excluding hydrogens is 239 g/mol. The Kier molecular flexibility index (Phi) is 3.33. The molecule has 0 radical (unpaired) electrons. The molecule has 0 aliphatic carbocycles. The summed E-state index contributed by atoms with van der Waals surface area (Å²) in [7, 11) is 1.25. The molecule has 4 nitrogen and oxygen atoms in total. The van der Waals surface area contributed by atoms with Crippen molar-refractivity contribution in [2.24, 2.45) is 5.73 Å². The molecule has 1 aromatic carbocycles. The first kappa shape index (κ1) is 13.3. The van der Waals surface area contributed by atoms with E-state index >= 15 is 0 Å². The van der Waals surface area contributed by atoms with Gasteiger partial charge in [0.25, 0.3) is 11.5 Å². The second-order valence-corrected chi connectivity index (χ2v) is 3.30. The molecule has 0 fully saturated rings. The van der Waals surface area contributed by atoms with Gasteiger partial charge in [0.05, 0.1) is 7.11 Å². The van der Waals surface area contributed by atoms with E-state index in [0.29, 0.717) is 0 Å². The summed E-state index contributed by atoms with van der Waals surface area (Å²) < 4.78 is 42.8. The van der Waals surface area contributed by atoms with Crippen LogP contribution in [-0.4, -0.2) is 24.3 Å². The van der Waals surface area contributed by atoms with E-state index in [2.05, 4.69) is 5.73 Å². The van der Waals surface area contributed by atoms with Gasteiger partial charge in [0, 0.05) is 5.56 Å². The van der Waals surface area contributed by atoms with Gasteiger partial charge >= 0.3 is 6.18 Å². The molecular formula is C10H10F3NO3. The lowest BCUT2D eigenvalue weighted by molar-refractivity contribution is -0.255. The van der Waals surface area contributed by atoms with Crippen molar-refractivity contribution in [3.63, 3.8) is 0 Å². The predicted octanol–water partition coefficient (Wildman–Crippen LogP) is 0.930. The molecule has 0 saturated heterocycles. The van der Waals surface area contributed by atoms with Crippen LogP contribution in [0.4, 0.5) is 13.2 Å². The van der Waals surface area contributed by atoms with Crippen molar-refractivity contribution in [2.45, 2.75) is 11.8 Å². The van der Waals surface area contributed by atoms with Crippen LogP contribution < -0.4 is 10.5 Å². The number of hydrogen-bond donors (Lipinski definition) is 2. The average molecular weight is 249 g/mol. The van der Waals surface area contributed by atoms with Crippen LogP contribution in [-0.2, 0) is 10.4 Å². The number of primary amides is 1. The molecule has 0 saturated carbocycles. The second-order valence-electron chi connectivity index (χ2n) is 3.30. The van der Waals surface area contributed by atoms with Crippen LogP contribution >= 0.6 is 0 Å². The molecule has 0 aliphatic heterocycles. The highest BCUT2D eigenvalue weighted by Gasteiger charge is 2.60. The van der Waals surface area contributed by atoms with Crippen molar-refractivity contribution in [3.05, 3.63) is 29.8 Å². The Morgan fingerprint density at radius 2 is 2.00 bits per heavy atom. The van der Waals surface area contributed by atoms with Crippen LogP contribution in [0.3, 0.4) is 0 Å². The van der Waals surface area contributed by atoms with Crippen molar-refractivity contribution in [2.75, 3.05) is 7.11 Å². The van der Waals surface area contributed by atoms with E-state index in [1.165, 1.54) is 19.2 Å². The van der Waals surface area contributed by atoms with E-state index < -0.39 is 23.2 Å². The lowest BCUT2D eigenvalue weighted by atomic mass is 9.92. The van der Waals surface area contributed by atoms with Crippen LogP contribution in [0.2, 0.25) is 0 Å². The Balaban J connectivity index is 3.38. The van der Waals surface area contributed by atoms with Crippen molar-refractivity contribution in [1.29, 1.82) is 0 Å². The molecule has 0 spiro atoms. The van der Waals surface area contributed by atoms with E-state index in [1.807, 2.05) is 0 Å². The number of carbonyl (C=O) groups excluding carboxylic acids is 1. The minimum atomic E-state index is -5.20. The van der Waals surface area contributed by atoms with Gasteiger partial charge in [0.1, 0.15) is 5.75 Å². The quantitative estimate of drug-likeness (QED) is 0.837. The smallest absolute Gasteiger partial charge is 0.430 e. The number of hydrogen-bond acceptors (Lipinski definition) is 3. The number of halogens is 3. The Labute approximate surface area is 94.8 Å². The Bertz CT molecular complexity index is 433. The Hall–Kier alpha value is -1.76. The second kappa shape index (κ2) is 4.25. The van der Waals surface area contributed by atoms with Crippen molar-refractivity contribution in [1.82, 2.24) is 0 Å². The number of rotatable bonds is 3. The van der Waals surface area contributed by atoms with E-state index in [9.17, 15) is 23.1 Å². The maximum atomic E-state index is 12.7. The minimum Gasteiger partial charge on any atom is -0.497 e. The normalized spacial score (nSPS) is 15.1. The topological polar surface area (TPSA) is 72.6 Å². The van der Waals surface area contributed by atoms with E-state index in [-0.39, 0.29) is 5.75 Å². The van der Waals surface area contributed by atoms with Crippen LogP contribution in [0.15, 0.2) is 24.3 Å². The summed E-state index contributed by atoms with van der Waals surface area (Å²) in [5.74, 6) is -1.82. The number of methoxy groups -OCH3 is 1. The van der Waals surface area contributed by atoms with Gasteiger partial charge in [-0.1, -0.05) is 12.1 Å². The highest BCUT2D eigenvalue weighted by atomic mass is 19.4. The maximum Gasteiger partial charge on any atom is 0.430 e. The fraction of sp³-hybridized carbons (Fsp3) is 0.300. The number of alkyl halides is 3. The van der Waals surface area contributed by atoms with Crippen LogP contribution in [0, 0.1) is 0 Å². The molecule has 17 heavy (non-hydrogen) atoms. The SMILES string of the molecule is COc1cccc(C(O)(C(N)=O)C(F)(F)F)c1. The standard InChI is InChI=1S/C10H10F3NO3/c1-17-7-4-2-3-6(5-7)9(16,8(14)15)10(11,12)13/h2-5,16H,1H3,(H2,14,15). The number of amides is 1. The highest BCUT2D eigenvalue weighted by molar-refractivity contribution is 5.85. The maximum absolute atomic E-state index is 12.7. The number of nitrogens with two attached hydrogens (primary N) is 1. The van der Waals surface area contributed by atoms with Crippen molar-refractivity contribution in [3.8, 4) is 5.75 Å². The molecule has 7 heteroatoms. The first-order chi connectivity index (χ1) is 7.73. The molecule has 0 bridgehead atoms. The third kappa shape index (κ3) is 2.19. The molecule has 94 valence electrons. The average Bonchev–Trinajstić information content (AvgIpc) is 2.26. The van der Waals surface area contributed by atoms with Gasteiger partial charge in [-0.3, -0.25) is 4.79 Å². The number of aliphatic hydroxyl groups is 1. The molecule has 3 N–H and O–H groups in total. The zero-order valence-corrected chi connectivity index (χ0v) is 8.78. The van der Waals surface area contributed by atoms with E-state index in [1.54, 1.807) is 0 Å². The van der Waals surface area contributed by atoms with Gasteiger partial charge in [-0.05, 0) is 12.1 Å². The molecule has 0 aromatic heterocycles. The number of carbonyl (C=O) groups is 1. The van der Waals surface area contributed by atoms with Gasteiger partial charge < -0.3 is 15.6 Å². The van der Waals surface area contributed by atoms with Crippen LogP contribution in [0.25, 0.3) is 0 Å².